The van der Waals surface area contributed by atoms with Crippen LogP contribution in [0.25, 0.3) is 0 Å². The van der Waals surface area contributed by atoms with Gasteiger partial charge in [-0.2, -0.15) is 0 Å². The zero-order chi connectivity index (χ0) is 15.0. The molecule has 1 unspecified atom stereocenters. The van der Waals surface area contributed by atoms with Crippen molar-refractivity contribution in [3.8, 4) is 5.75 Å². The quantitative estimate of drug-likeness (QED) is 0.794. The zero-order valence-electron chi connectivity index (χ0n) is 13.0. The fraction of sp³-hybridized carbons (Fsp3) is 0.562. The predicted octanol–water partition coefficient (Wildman–Crippen LogP) is 2.60. The van der Waals surface area contributed by atoms with Crippen LogP contribution >= 0.6 is 0 Å². The van der Waals surface area contributed by atoms with Gasteiger partial charge in [-0.3, -0.25) is 4.79 Å². The molecule has 1 atom stereocenters. The van der Waals surface area contributed by atoms with Crippen LogP contribution in [0.2, 0.25) is 0 Å². The number of nitrogens with one attached hydrogen (secondary N) is 1. The molecule has 0 fully saturated rings. The largest absolute Gasteiger partial charge is 0.496 e. The van der Waals surface area contributed by atoms with Gasteiger partial charge < -0.3 is 15.0 Å². The van der Waals surface area contributed by atoms with E-state index in [1.54, 1.807) is 7.11 Å². The molecule has 0 bridgehead atoms. The molecule has 20 heavy (non-hydrogen) atoms. The number of para-hydroxylation sites is 1. The number of benzene rings is 1. The number of carbonyl (C=O) groups is 1. The van der Waals surface area contributed by atoms with Gasteiger partial charge in [0.15, 0.2) is 0 Å². The van der Waals surface area contributed by atoms with Crippen molar-refractivity contribution < 1.29 is 9.53 Å². The molecule has 0 aliphatic heterocycles. The lowest BCUT2D eigenvalue weighted by atomic mass is 10.1. The number of rotatable bonds is 8. The summed E-state index contributed by atoms with van der Waals surface area (Å²) in [5.74, 6) is 1.08. The van der Waals surface area contributed by atoms with Crippen molar-refractivity contribution >= 4 is 5.91 Å². The Kier molecular flexibility index (Phi) is 7.09. The molecular formula is C16H26N2O2. The predicted molar refractivity (Wildman–Crippen MR) is 82.0 cm³/mol. The maximum atomic E-state index is 11.9. The van der Waals surface area contributed by atoms with Gasteiger partial charge >= 0.3 is 0 Å². The van der Waals surface area contributed by atoms with Crippen LogP contribution in [0.15, 0.2) is 24.3 Å². The number of amides is 1. The minimum atomic E-state index is 0.163. The summed E-state index contributed by atoms with van der Waals surface area (Å²) < 4.78 is 5.35. The molecule has 0 aromatic heterocycles. The Morgan fingerprint density at radius 1 is 1.30 bits per heavy atom. The van der Waals surface area contributed by atoms with Gasteiger partial charge in [-0.25, -0.2) is 0 Å². The standard InChI is InChI=1S/C16H26N2O2/c1-5-18(6-2)16(19)11-12-17-13(3)14-9-7-8-10-15(14)20-4/h7-10,13,17H,5-6,11-12H2,1-4H3. The minimum Gasteiger partial charge on any atom is -0.496 e. The van der Waals surface area contributed by atoms with E-state index in [1.807, 2.05) is 43.0 Å². The molecule has 0 aliphatic carbocycles. The average molecular weight is 278 g/mol. The van der Waals surface area contributed by atoms with Crippen LogP contribution in [0, 0.1) is 0 Å². The SMILES string of the molecule is CCN(CC)C(=O)CCNC(C)c1ccccc1OC. The fourth-order valence-electron chi connectivity index (χ4n) is 2.26. The molecule has 0 saturated carbocycles. The van der Waals surface area contributed by atoms with Gasteiger partial charge in [-0.15, -0.1) is 0 Å². The van der Waals surface area contributed by atoms with Crippen LogP contribution in [0.3, 0.4) is 0 Å². The molecule has 1 N–H and O–H groups in total. The Balaban J connectivity index is 2.47. The Morgan fingerprint density at radius 3 is 2.55 bits per heavy atom. The first-order chi connectivity index (χ1) is 9.63. The van der Waals surface area contributed by atoms with Crippen LogP contribution in [0.5, 0.6) is 5.75 Å². The van der Waals surface area contributed by atoms with E-state index >= 15 is 0 Å². The van der Waals surface area contributed by atoms with Crippen LogP contribution in [0.1, 0.15) is 38.8 Å². The monoisotopic (exact) mass is 278 g/mol. The fourth-order valence-corrected chi connectivity index (χ4v) is 2.26. The molecule has 0 aliphatic rings. The van der Waals surface area contributed by atoms with Crippen LogP contribution < -0.4 is 10.1 Å². The minimum absolute atomic E-state index is 0.163. The molecule has 0 heterocycles. The van der Waals surface area contributed by atoms with Crippen molar-refractivity contribution in [1.29, 1.82) is 0 Å². The van der Waals surface area contributed by atoms with Gasteiger partial charge in [0.1, 0.15) is 5.75 Å². The first-order valence-corrected chi connectivity index (χ1v) is 7.28. The van der Waals surface area contributed by atoms with Crippen molar-refractivity contribution in [3.63, 3.8) is 0 Å². The maximum Gasteiger partial charge on any atom is 0.223 e. The zero-order valence-corrected chi connectivity index (χ0v) is 13.0. The molecule has 112 valence electrons. The first-order valence-electron chi connectivity index (χ1n) is 7.28. The lowest BCUT2D eigenvalue weighted by Gasteiger charge is -2.20. The number of carbonyl (C=O) groups excluding carboxylic acids is 1. The number of hydrogen-bond acceptors (Lipinski definition) is 3. The second kappa shape index (κ2) is 8.59. The second-order valence-corrected chi connectivity index (χ2v) is 4.73. The van der Waals surface area contributed by atoms with Gasteiger partial charge in [-0.1, -0.05) is 18.2 Å². The summed E-state index contributed by atoms with van der Waals surface area (Å²) >= 11 is 0. The third-order valence-electron chi connectivity index (χ3n) is 3.51. The molecule has 0 radical (unpaired) electrons. The van der Waals surface area contributed by atoms with Crippen molar-refractivity contribution in [2.45, 2.75) is 33.2 Å². The molecule has 1 aromatic carbocycles. The molecule has 1 amide bonds. The number of hydrogen-bond donors (Lipinski definition) is 1. The summed E-state index contributed by atoms with van der Waals surface area (Å²) in [6.07, 6.45) is 0.529. The topological polar surface area (TPSA) is 41.6 Å². The van der Waals surface area contributed by atoms with E-state index in [-0.39, 0.29) is 11.9 Å². The molecular weight excluding hydrogens is 252 g/mol. The second-order valence-electron chi connectivity index (χ2n) is 4.73. The van der Waals surface area contributed by atoms with Crippen LogP contribution in [-0.2, 0) is 4.79 Å². The van der Waals surface area contributed by atoms with Gasteiger partial charge in [0, 0.05) is 37.7 Å². The summed E-state index contributed by atoms with van der Waals surface area (Å²) in [7, 11) is 1.68. The highest BCUT2D eigenvalue weighted by Crippen LogP contribution is 2.24. The van der Waals surface area contributed by atoms with E-state index in [0.29, 0.717) is 13.0 Å². The third-order valence-corrected chi connectivity index (χ3v) is 3.51. The summed E-state index contributed by atoms with van der Waals surface area (Å²) in [4.78, 5) is 13.8. The van der Waals surface area contributed by atoms with Crippen molar-refractivity contribution in [2.75, 3.05) is 26.7 Å². The van der Waals surface area contributed by atoms with E-state index in [4.69, 9.17) is 4.74 Å². The summed E-state index contributed by atoms with van der Waals surface area (Å²) in [6.45, 7) is 8.32. The van der Waals surface area contributed by atoms with Crippen molar-refractivity contribution in [2.24, 2.45) is 0 Å². The molecule has 4 heteroatoms. The Hall–Kier alpha value is -1.55. The van der Waals surface area contributed by atoms with Crippen LogP contribution in [-0.4, -0.2) is 37.6 Å². The summed E-state index contributed by atoms with van der Waals surface area (Å²) in [6, 6.07) is 8.11. The van der Waals surface area contributed by atoms with E-state index in [9.17, 15) is 4.79 Å². The number of methoxy groups -OCH3 is 1. The highest BCUT2D eigenvalue weighted by Gasteiger charge is 2.12. The molecule has 4 nitrogen and oxygen atoms in total. The van der Waals surface area contributed by atoms with Gasteiger partial charge in [0.2, 0.25) is 5.91 Å². The Labute approximate surface area is 122 Å². The maximum absolute atomic E-state index is 11.9. The van der Waals surface area contributed by atoms with E-state index in [1.165, 1.54) is 0 Å². The molecule has 1 rings (SSSR count). The lowest BCUT2D eigenvalue weighted by molar-refractivity contribution is -0.130. The van der Waals surface area contributed by atoms with Gasteiger partial charge in [0.05, 0.1) is 7.11 Å². The number of ether oxygens (including phenoxy) is 1. The van der Waals surface area contributed by atoms with Crippen molar-refractivity contribution in [3.05, 3.63) is 29.8 Å². The molecule has 0 saturated heterocycles. The summed E-state index contributed by atoms with van der Waals surface area (Å²) in [5, 5.41) is 3.38. The van der Waals surface area contributed by atoms with E-state index < -0.39 is 0 Å². The van der Waals surface area contributed by atoms with Gasteiger partial charge in [0.25, 0.3) is 0 Å². The first kappa shape index (κ1) is 16.5. The van der Waals surface area contributed by atoms with Gasteiger partial charge in [-0.05, 0) is 26.8 Å². The Morgan fingerprint density at radius 2 is 1.95 bits per heavy atom. The summed E-state index contributed by atoms with van der Waals surface area (Å²) in [5.41, 5.74) is 1.12. The molecule has 0 spiro atoms. The van der Waals surface area contributed by atoms with Crippen molar-refractivity contribution in [1.82, 2.24) is 10.2 Å². The Bertz CT molecular complexity index is 417. The highest BCUT2D eigenvalue weighted by molar-refractivity contribution is 5.76. The lowest BCUT2D eigenvalue weighted by Crippen LogP contribution is -2.33. The smallest absolute Gasteiger partial charge is 0.223 e. The normalized spacial score (nSPS) is 12.0. The number of nitrogens with zero attached hydrogens (tertiary/aromatic N) is 1. The third kappa shape index (κ3) is 4.53. The molecule has 1 aromatic rings. The van der Waals surface area contributed by atoms with E-state index in [0.717, 1.165) is 24.4 Å². The van der Waals surface area contributed by atoms with E-state index in [2.05, 4.69) is 12.2 Å². The highest BCUT2D eigenvalue weighted by atomic mass is 16.5. The average Bonchev–Trinajstić information content (AvgIpc) is 2.48. The van der Waals surface area contributed by atoms with Crippen LogP contribution in [0.4, 0.5) is 0 Å².